The molecule has 0 radical (unpaired) electrons. The number of benzene rings is 7. The second kappa shape index (κ2) is 10.8. The van der Waals surface area contributed by atoms with Gasteiger partial charge in [0.25, 0.3) is 0 Å². The van der Waals surface area contributed by atoms with Crippen LogP contribution in [0.2, 0.25) is 0 Å². The van der Waals surface area contributed by atoms with E-state index < -0.39 is 0 Å². The quantitative estimate of drug-likeness (QED) is 0.190. The van der Waals surface area contributed by atoms with E-state index in [2.05, 4.69) is 143 Å². The van der Waals surface area contributed by atoms with Gasteiger partial charge in [0.05, 0.1) is 22.1 Å². The predicted octanol–water partition coefficient (Wildman–Crippen LogP) is 11.9. The van der Waals surface area contributed by atoms with Gasteiger partial charge in [-0.25, -0.2) is 9.97 Å². The van der Waals surface area contributed by atoms with E-state index in [1.807, 2.05) is 36.4 Å². The Labute approximate surface area is 292 Å². The van der Waals surface area contributed by atoms with Crippen LogP contribution in [0, 0.1) is 0 Å². The molecule has 4 heterocycles. The third-order valence-electron chi connectivity index (χ3n) is 10.1. The summed E-state index contributed by atoms with van der Waals surface area (Å²) in [5, 5.41) is 5.83. The highest BCUT2D eigenvalue weighted by molar-refractivity contribution is 6.23. The van der Waals surface area contributed by atoms with Crippen molar-refractivity contribution in [3.05, 3.63) is 170 Å². The average Bonchev–Trinajstić information content (AvgIpc) is 3.86. The molecule has 4 aromatic heterocycles. The van der Waals surface area contributed by atoms with Crippen LogP contribution in [0.25, 0.3) is 99.7 Å². The number of fused-ring (bicyclic) bond motifs is 10. The van der Waals surface area contributed by atoms with Gasteiger partial charge in [0.2, 0.25) is 0 Å². The molecule has 0 spiro atoms. The molecule has 0 atom stereocenters. The number of furan rings is 1. The Hall–Kier alpha value is -6.98. The zero-order valence-corrected chi connectivity index (χ0v) is 27.4. The van der Waals surface area contributed by atoms with E-state index in [9.17, 15) is 0 Å². The first-order chi connectivity index (χ1) is 25.3. The Balaban J connectivity index is 1.22. The molecule has 0 fully saturated rings. The van der Waals surface area contributed by atoms with Crippen molar-refractivity contribution >= 4 is 65.7 Å². The van der Waals surface area contributed by atoms with Gasteiger partial charge in [-0.2, -0.15) is 0 Å². The minimum Gasteiger partial charge on any atom is -0.452 e. The van der Waals surface area contributed by atoms with Crippen molar-refractivity contribution < 1.29 is 4.42 Å². The number of nitrogens with zero attached hydrogens (tertiary/aromatic N) is 4. The SMILES string of the molecule is c1ccc(-c2nc(-c3cccc(-n4c5ccccc5c5ccc6c7ccccc7n(-c7ccccc7)c6c54)c3)nc3c2oc2ccccc23)cc1. The van der Waals surface area contributed by atoms with Crippen LogP contribution in [0.1, 0.15) is 0 Å². The molecule has 5 nitrogen and oxygen atoms in total. The zero-order chi connectivity index (χ0) is 33.5. The summed E-state index contributed by atoms with van der Waals surface area (Å²) in [4.78, 5) is 10.4. The van der Waals surface area contributed by atoms with Crippen LogP contribution in [-0.2, 0) is 0 Å². The lowest BCUT2D eigenvalue weighted by atomic mass is 10.1. The molecule has 5 heteroatoms. The molecule has 0 unspecified atom stereocenters. The summed E-state index contributed by atoms with van der Waals surface area (Å²) in [6.45, 7) is 0. The lowest BCUT2D eigenvalue weighted by Gasteiger charge is -2.13. The van der Waals surface area contributed by atoms with Crippen LogP contribution in [-0.4, -0.2) is 19.1 Å². The molecule has 51 heavy (non-hydrogen) atoms. The van der Waals surface area contributed by atoms with Crippen LogP contribution in [0.5, 0.6) is 0 Å². The van der Waals surface area contributed by atoms with Crippen LogP contribution in [0.3, 0.4) is 0 Å². The molecule has 0 bridgehead atoms. The molecule has 0 amide bonds. The van der Waals surface area contributed by atoms with Gasteiger partial charge >= 0.3 is 0 Å². The molecule has 238 valence electrons. The highest BCUT2D eigenvalue weighted by Crippen LogP contribution is 2.42. The number of hydrogen-bond acceptors (Lipinski definition) is 3. The van der Waals surface area contributed by atoms with Gasteiger partial charge in [-0.3, -0.25) is 0 Å². The smallest absolute Gasteiger partial charge is 0.180 e. The third-order valence-corrected chi connectivity index (χ3v) is 10.1. The van der Waals surface area contributed by atoms with Crippen molar-refractivity contribution in [3.8, 4) is 34.0 Å². The second-order valence-electron chi connectivity index (χ2n) is 13.0. The van der Waals surface area contributed by atoms with E-state index in [4.69, 9.17) is 14.4 Å². The number of hydrogen-bond donors (Lipinski definition) is 0. The van der Waals surface area contributed by atoms with E-state index in [0.717, 1.165) is 55.7 Å². The Morgan fingerprint density at radius 3 is 1.67 bits per heavy atom. The van der Waals surface area contributed by atoms with Crippen molar-refractivity contribution in [2.75, 3.05) is 0 Å². The van der Waals surface area contributed by atoms with Crippen molar-refractivity contribution in [3.63, 3.8) is 0 Å². The van der Waals surface area contributed by atoms with E-state index in [0.29, 0.717) is 11.4 Å². The molecule has 0 saturated carbocycles. The molecule has 11 rings (SSSR count). The van der Waals surface area contributed by atoms with Crippen LogP contribution < -0.4 is 0 Å². The van der Waals surface area contributed by atoms with Gasteiger partial charge in [-0.05, 0) is 48.5 Å². The number of rotatable bonds is 4. The Morgan fingerprint density at radius 1 is 0.412 bits per heavy atom. The summed E-state index contributed by atoms with van der Waals surface area (Å²) in [5.74, 6) is 0.652. The minimum absolute atomic E-state index is 0.652. The molecular formula is C46H28N4O. The molecule has 7 aromatic carbocycles. The van der Waals surface area contributed by atoms with Gasteiger partial charge in [-0.1, -0.05) is 121 Å². The van der Waals surface area contributed by atoms with E-state index in [1.165, 1.54) is 32.6 Å². The van der Waals surface area contributed by atoms with Gasteiger partial charge < -0.3 is 13.6 Å². The Bertz CT molecular complexity index is 3130. The fraction of sp³-hybridized carbons (Fsp3) is 0. The van der Waals surface area contributed by atoms with Crippen LogP contribution in [0.15, 0.2) is 174 Å². The van der Waals surface area contributed by atoms with Gasteiger partial charge in [0, 0.05) is 49.4 Å². The molecular weight excluding hydrogens is 625 g/mol. The second-order valence-corrected chi connectivity index (χ2v) is 13.0. The fourth-order valence-electron chi connectivity index (χ4n) is 7.91. The van der Waals surface area contributed by atoms with Crippen molar-refractivity contribution in [2.24, 2.45) is 0 Å². The molecule has 0 aliphatic heterocycles. The standard InChI is InChI=1S/C46H28N4O/c1-3-14-29(15-4-1)41-45-42(37-22-9-12-25-40(37)51-45)48-46(47-41)30-16-13-19-32(28-30)50-39-24-11-8-21-34(39)36-27-26-35-33-20-7-10-23-38(33)49(43(35)44(36)50)31-17-5-2-6-18-31/h1-28H. The maximum absolute atomic E-state index is 6.39. The Morgan fingerprint density at radius 2 is 0.961 bits per heavy atom. The maximum atomic E-state index is 6.39. The highest BCUT2D eigenvalue weighted by Gasteiger charge is 2.22. The largest absolute Gasteiger partial charge is 0.452 e. The summed E-state index contributed by atoms with van der Waals surface area (Å²) >= 11 is 0. The topological polar surface area (TPSA) is 48.8 Å². The van der Waals surface area contributed by atoms with Crippen LogP contribution >= 0.6 is 0 Å². The van der Waals surface area contributed by atoms with Crippen molar-refractivity contribution in [2.45, 2.75) is 0 Å². The number of aromatic nitrogens is 4. The molecule has 0 aliphatic rings. The summed E-state index contributed by atoms with van der Waals surface area (Å²) in [6.07, 6.45) is 0. The summed E-state index contributed by atoms with van der Waals surface area (Å²) in [7, 11) is 0. The van der Waals surface area contributed by atoms with Crippen LogP contribution in [0.4, 0.5) is 0 Å². The average molecular weight is 653 g/mol. The summed E-state index contributed by atoms with van der Waals surface area (Å²) < 4.78 is 11.2. The molecule has 0 saturated heterocycles. The first-order valence-electron chi connectivity index (χ1n) is 17.2. The van der Waals surface area contributed by atoms with Gasteiger partial charge in [-0.15, -0.1) is 0 Å². The molecule has 0 N–H and O–H groups in total. The zero-order valence-electron chi connectivity index (χ0n) is 27.4. The minimum atomic E-state index is 0.652. The number of para-hydroxylation sites is 4. The third kappa shape index (κ3) is 4.09. The van der Waals surface area contributed by atoms with E-state index in [1.54, 1.807) is 0 Å². The molecule has 11 aromatic rings. The lowest BCUT2D eigenvalue weighted by molar-refractivity contribution is 0.667. The lowest BCUT2D eigenvalue weighted by Crippen LogP contribution is -1.99. The van der Waals surface area contributed by atoms with Crippen molar-refractivity contribution in [1.82, 2.24) is 19.1 Å². The van der Waals surface area contributed by atoms with E-state index in [-0.39, 0.29) is 0 Å². The Kier molecular flexibility index (Phi) is 5.89. The molecule has 0 aliphatic carbocycles. The first kappa shape index (κ1) is 27.9. The summed E-state index contributed by atoms with van der Waals surface area (Å²) in [5.41, 5.74) is 11.8. The fourth-order valence-corrected chi connectivity index (χ4v) is 7.91. The van der Waals surface area contributed by atoms with Crippen molar-refractivity contribution in [1.29, 1.82) is 0 Å². The van der Waals surface area contributed by atoms with Gasteiger partial charge in [0.15, 0.2) is 11.4 Å². The van der Waals surface area contributed by atoms with Gasteiger partial charge in [0.1, 0.15) is 16.8 Å². The maximum Gasteiger partial charge on any atom is 0.180 e. The van der Waals surface area contributed by atoms with E-state index >= 15 is 0 Å². The summed E-state index contributed by atoms with van der Waals surface area (Å²) in [6, 6.07) is 59.6. The monoisotopic (exact) mass is 652 g/mol. The highest BCUT2D eigenvalue weighted by atomic mass is 16.3. The first-order valence-corrected chi connectivity index (χ1v) is 17.2. The predicted molar refractivity (Wildman–Crippen MR) is 209 cm³/mol. The normalized spacial score (nSPS) is 11.9.